The number of aromatic nitrogens is 1. The van der Waals surface area contributed by atoms with Crippen molar-refractivity contribution in [2.45, 2.75) is 12.8 Å². The van der Waals surface area contributed by atoms with Gasteiger partial charge in [-0.2, -0.15) is 0 Å². The van der Waals surface area contributed by atoms with Crippen LogP contribution in [0.1, 0.15) is 21.5 Å². The Morgan fingerprint density at radius 2 is 1.55 bits per heavy atom. The van der Waals surface area contributed by atoms with Gasteiger partial charge in [-0.25, -0.2) is 4.79 Å². The summed E-state index contributed by atoms with van der Waals surface area (Å²) in [4.78, 5) is 12.4. The molecule has 0 N–H and O–H groups in total. The van der Waals surface area contributed by atoms with E-state index >= 15 is 0 Å². The van der Waals surface area contributed by atoms with Gasteiger partial charge in [0.15, 0.2) is 0 Å². The fourth-order valence-electron chi connectivity index (χ4n) is 4.42. The van der Waals surface area contributed by atoms with Crippen LogP contribution in [-0.2, 0) is 22.1 Å². The molecular formula is C28H26NO3P. The van der Waals surface area contributed by atoms with E-state index in [1.54, 1.807) is 25.5 Å². The number of benzene rings is 3. The molecule has 0 spiro atoms. The minimum absolute atomic E-state index is 0.0480. The van der Waals surface area contributed by atoms with E-state index < -0.39 is 13.1 Å². The molecule has 1 aliphatic rings. The zero-order valence-electron chi connectivity index (χ0n) is 18.8. The standard InChI is InChI=1S/C28H26NO3P/c1-33(2,31)19-32-28(30)22-14-16-24(17-15-22)29-26(21-9-4-3-5-10-21)18-23-13-12-20-8-6-7-11-25(20)27(23)29/h3-11,14-18H,12-13,19H2,1-2H3. The lowest BCUT2D eigenvalue weighted by Crippen LogP contribution is -2.08. The third-order valence-corrected chi connectivity index (χ3v) is 6.70. The normalized spacial score (nSPS) is 12.7. The molecule has 0 aliphatic heterocycles. The summed E-state index contributed by atoms with van der Waals surface area (Å²) >= 11 is 0. The van der Waals surface area contributed by atoms with Crippen LogP contribution in [0.25, 0.3) is 28.2 Å². The molecule has 0 unspecified atom stereocenters. The SMILES string of the molecule is CP(C)(=O)COC(=O)c1ccc(-n2c(-c3ccccc3)cc3c2-c2ccccc2CC3)cc1. The van der Waals surface area contributed by atoms with Gasteiger partial charge >= 0.3 is 5.97 Å². The maximum absolute atomic E-state index is 12.4. The Morgan fingerprint density at radius 3 is 2.27 bits per heavy atom. The van der Waals surface area contributed by atoms with Crippen LogP contribution in [0.2, 0.25) is 0 Å². The molecule has 3 aromatic carbocycles. The van der Waals surface area contributed by atoms with Gasteiger partial charge in [0.05, 0.1) is 17.0 Å². The van der Waals surface area contributed by atoms with E-state index in [1.165, 1.54) is 22.4 Å². The molecule has 33 heavy (non-hydrogen) atoms. The van der Waals surface area contributed by atoms with E-state index in [0.717, 1.165) is 29.8 Å². The third-order valence-electron chi connectivity index (χ3n) is 5.95. The quantitative estimate of drug-likeness (QED) is 0.250. The lowest BCUT2D eigenvalue weighted by molar-refractivity contribution is 0.0570. The number of aryl methyl sites for hydroxylation is 2. The predicted octanol–water partition coefficient (Wildman–Crippen LogP) is 6.65. The van der Waals surface area contributed by atoms with E-state index in [0.29, 0.717) is 5.56 Å². The van der Waals surface area contributed by atoms with Crippen molar-refractivity contribution in [3.05, 3.63) is 102 Å². The topological polar surface area (TPSA) is 48.3 Å². The molecule has 0 fully saturated rings. The molecule has 1 heterocycles. The highest BCUT2D eigenvalue weighted by molar-refractivity contribution is 7.62. The van der Waals surface area contributed by atoms with Crippen molar-refractivity contribution in [3.63, 3.8) is 0 Å². The number of ether oxygens (including phenoxy) is 1. The molecule has 4 aromatic rings. The lowest BCUT2D eigenvalue weighted by Gasteiger charge is -2.21. The van der Waals surface area contributed by atoms with Gasteiger partial charge in [-0.15, -0.1) is 0 Å². The van der Waals surface area contributed by atoms with Crippen LogP contribution >= 0.6 is 7.14 Å². The Labute approximate surface area is 194 Å². The Kier molecular flexibility index (Phi) is 5.55. The minimum atomic E-state index is -2.42. The van der Waals surface area contributed by atoms with Crippen molar-refractivity contribution < 1.29 is 14.1 Å². The van der Waals surface area contributed by atoms with Crippen molar-refractivity contribution in [2.75, 3.05) is 19.7 Å². The van der Waals surface area contributed by atoms with Gasteiger partial charge in [-0.1, -0.05) is 54.6 Å². The van der Waals surface area contributed by atoms with Crippen LogP contribution in [-0.4, -0.2) is 30.2 Å². The molecule has 166 valence electrons. The smallest absolute Gasteiger partial charge is 0.338 e. The van der Waals surface area contributed by atoms with Gasteiger partial charge in [-0.05, 0) is 73.2 Å². The average molecular weight is 455 g/mol. The monoisotopic (exact) mass is 455 g/mol. The summed E-state index contributed by atoms with van der Waals surface area (Å²) in [5.41, 5.74) is 8.87. The van der Waals surface area contributed by atoms with Crippen molar-refractivity contribution >= 4 is 13.1 Å². The molecule has 0 atom stereocenters. The Morgan fingerprint density at radius 1 is 0.879 bits per heavy atom. The fraction of sp³-hybridized carbons (Fsp3) is 0.179. The van der Waals surface area contributed by atoms with Gasteiger partial charge in [0, 0.05) is 11.3 Å². The molecule has 4 nitrogen and oxygen atoms in total. The molecule has 5 heteroatoms. The summed E-state index contributed by atoms with van der Waals surface area (Å²) in [5.74, 6) is -0.450. The van der Waals surface area contributed by atoms with Gasteiger partial charge in [0.2, 0.25) is 0 Å². The third kappa shape index (κ3) is 4.31. The summed E-state index contributed by atoms with van der Waals surface area (Å²) < 4.78 is 19.4. The predicted molar refractivity (Wildman–Crippen MR) is 134 cm³/mol. The van der Waals surface area contributed by atoms with Gasteiger partial charge in [-0.3, -0.25) is 0 Å². The Bertz CT molecular complexity index is 1360. The minimum Gasteiger partial charge on any atom is -0.454 e. The number of esters is 1. The molecule has 1 aliphatic carbocycles. The van der Waals surface area contributed by atoms with E-state index in [1.807, 2.05) is 18.2 Å². The Hall–Kier alpha value is -3.36. The zero-order chi connectivity index (χ0) is 23.0. The second kappa shape index (κ2) is 8.53. The van der Waals surface area contributed by atoms with Crippen LogP contribution in [0.3, 0.4) is 0 Å². The van der Waals surface area contributed by atoms with E-state index in [4.69, 9.17) is 4.74 Å². The molecular weight excluding hydrogens is 429 g/mol. The summed E-state index contributed by atoms with van der Waals surface area (Å²) in [7, 11) is -2.42. The molecule has 0 radical (unpaired) electrons. The first-order valence-corrected chi connectivity index (χ1v) is 13.9. The number of carbonyl (C=O) groups is 1. The fourth-order valence-corrected chi connectivity index (χ4v) is 4.85. The first-order chi connectivity index (χ1) is 15.9. The number of hydrogen-bond acceptors (Lipinski definition) is 3. The van der Waals surface area contributed by atoms with Gasteiger partial charge in [0.25, 0.3) is 0 Å². The van der Waals surface area contributed by atoms with Crippen LogP contribution in [0.5, 0.6) is 0 Å². The second-order valence-electron chi connectivity index (χ2n) is 8.94. The maximum Gasteiger partial charge on any atom is 0.338 e. The zero-order valence-corrected chi connectivity index (χ0v) is 19.7. The van der Waals surface area contributed by atoms with Crippen LogP contribution < -0.4 is 0 Å². The van der Waals surface area contributed by atoms with Crippen LogP contribution in [0.4, 0.5) is 0 Å². The Balaban J connectivity index is 1.60. The number of nitrogens with zero attached hydrogens (tertiary/aromatic N) is 1. The van der Waals surface area contributed by atoms with Crippen LogP contribution in [0.15, 0.2) is 84.9 Å². The summed E-state index contributed by atoms with van der Waals surface area (Å²) in [6.45, 7) is 3.23. The molecule has 5 rings (SSSR count). The van der Waals surface area contributed by atoms with E-state index in [-0.39, 0.29) is 6.35 Å². The molecule has 0 saturated carbocycles. The highest BCUT2D eigenvalue weighted by atomic mass is 31.2. The highest BCUT2D eigenvalue weighted by Crippen LogP contribution is 2.41. The second-order valence-corrected chi connectivity index (χ2v) is 12.3. The largest absolute Gasteiger partial charge is 0.454 e. The lowest BCUT2D eigenvalue weighted by atomic mass is 9.90. The first kappa shape index (κ1) is 21.5. The summed E-state index contributed by atoms with van der Waals surface area (Å²) in [6.07, 6.45) is 1.98. The van der Waals surface area contributed by atoms with E-state index in [2.05, 4.69) is 59.2 Å². The maximum atomic E-state index is 12.4. The van der Waals surface area contributed by atoms with Crippen molar-refractivity contribution in [1.29, 1.82) is 0 Å². The number of rotatable bonds is 5. The van der Waals surface area contributed by atoms with Crippen LogP contribution in [0, 0.1) is 0 Å². The summed E-state index contributed by atoms with van der Waals surface area (Å²) in [5, 5.41) is 0. The molecule has 0 bridgehead atoms. The van der Waals surface area contributed by atoms with Crippen molar-refractivity contribution in [3.8, 4) is 28.2 Å². The number of carbonyl (C=O) groups excluding carboxylic acids is 1. The average Bonchev–Trinajstić information content (AvgIpc) is 3.23. The van der Waals surface area contributed by atoms with Gasteiger partial charge in [0.1, 0.15) is 13.5 Å². The van der Waals surface area contributed by atoms with Crippen molar-refractivity contribution in [1.82, 2.24) is 4.57 Å². The number of hydrogen-bond donors (Lipinski definition) is 0. The summed E-state index contributed by atoms with van der Waals surface area (Å²) in [6, 6.07) is 28.7. The number of fused-ring (bicyclic) bond motifs is 3. The highest BCUT2D eigenvalue weighted by Gasteiger charge is 2.24. The van der Waals surface area contributed by atoms with E-state index in [9.17, 15) is 9.36 Å². The first-order valence-electron chi connectivity index (χ1n) is 11.1. The van der Waals surface area contributed by atoms with Gasteiger partial charge < -0.3 is 13.9 Å². The molecule has 0 amide bonds. The molecule has 1 aromatic heterocycles. The van der Waals surface area contributed by atoms with Crippen molar-refractivity contribution in [2.24, 2.45) is 0 Å². The molecule has 0 saturated heterocycles.